The first-order chi connectivity index (χ1) is 4.77. The van der Waals surface area contributed by atoms with Gasteiger partial charge in [0.05, 0.1) is 0 Å². The van der Waals surface area contributed by atoms with Gasteiger partial charge in [0.15, 0.2) is 0 Å². The minimum atomic E-state index is -0.584. The molecule has 58 valence electrons. The predicted molar refractivity (Wildman–Crippen MR) is 38.6 cm³/mol. The van der Waals surface area contributed by atoms with Gasteiger partial charge in [-0.25, -0.2) is 4.39 Å². The standard InChI is InChI=1S/C8H14FN/c1-5-4-6-2-3-7(10-6)8(5)9/h5-8,10H,2-4H2,1H3/t5-,6-,7+,8?/m0/s1. The van der Waals surface area contributed by atoms with E-state index in [0.717, 1.165) is 12.8 Å². The number of halogens is 1. The van der Waals surface area contributed by atoms with Gasteiger partial charge in [-0.05, 0) is 25.2 Å². The highest BCUT2D eigenvalue weighted by molar-refractivity contribution is 4.96. The molecular weight excluding hydrogens is 129 g/mol. The average Bonchev–Trinajstić information content (AvgIpc) is 2.29. The summed E-state index contributed by atoms with van der Waals surface area (Å²) in [5.74, 6) is 0.291. The van der Waals surface area contributed by atoms with Gasteiger partial charge in [0.1, 0.15) is 6.17 Å². The summed E-state index contributed by atoms with van der Waals surface area (Å²) in [7, 11) is 0. The Morgan fingerprint density at radius 3 is 3.00 bits per heavy atom. The number of hydrogen-bond donors (Lipinski definition) is 1. The first kappa shape index (κ1) is 6.59. The quantitative estimate of drug-likeness (QED) is 0.541. The molecule has 4 atom stereocenters. The van der Waals surface area contributed by atoms with Crippen LogP contribution in [0.4, 0.5) is 4.39 Å². The van der Waals surface area contributed by atoms with E-state index >= 15 is 0 Å². The Labute approximate surface area is 61.0 Å². The van der Waals surface area contributed by atoms with Gasteiger partial charge in [0.2, 0.25) is 0 Å². The van der Waals surface area contributed by atoms with Crippen molar-refractivity contribution in [2.75, 3.05) is 0 Å². The number of piperidine rings is 1. The molecule has 0 aliphatic carbocycles. The van der Waals surface area contributed by atoms with Gasteiger partial charge in [-0.2, -0.15) is 0 Å². The third-order valence-electron chi connectivity index (χ3n) is 2.86. The Balaban J connectivity index is 2.09. The van der Waals surface area contributed by atoms with Crippen LogP contribution in [-0.4, -0.2) is 18.3 Å². The molecule has 1 N–H and O–H groups in total. The fourth-order valence-electron chi connectivity index (χ4n) is 2.26. The Kier molecular flexibility index (Phi) is 1.44. The monoisotopic (exact) mass is 143 g/mol. The van der Waals surface area contributed by atoms with Crippen LogP contribution in [0.5, 0.6) is 0 Å². The largest absolute Gasteiger partial charge is 0.308 e. The molecule has 2 aliphatic rings. The Morgan fingerprint density at radius 2 is 2.20 bits per heavy atom. The van der Waals surface area contributed by atoms with Crippen LogP contribution in [0.25, 0.3) is 0 Å². The van der Waals surface area contributed by atoms with E-state index in [1.807, 2.05) is 6.92 Å². The van der Waals surface area contributed by atoms with Crippen LogP contribution >= 0.6 is 0 Å². The minimum Gasteiger partial charge on any atom is -0.308 e. The summed E-state index contributed by atoms with van der Waals surface area (Å²) in [4.78, 5) is 0. The highest BCUT2D eigenvalue weighted by Gasteiger charge is 2.39. The van der Waals surface area contributed by atoms with E-state index in [9.17, 15) is 4.39 Å². The van der Waals surface area contributed by atoms with Crippen LogP contribution in [0.1, 0.15) is 26.2 Å². The van der Waals surface area contributed by atoms with Gasteiger partial charge in [0.25, 0.3) is 0 Å². The summed E-state index contributed by atoms with van der Waals surface area (Å²) < 4.78 is 13.2. The number of alkyl halides is 1. The summed E-state index contributed by atoms with van der Waals surface area (Å²) in [6, 6.07) is 0.820. The lowest BCUT2D eigenvalue weighted by Gasteiger charge is -2.30. The zero-order chi connectivity index (χ0) is 7.14. The van der Waals surface area contributed by atoms with Gasteiger partial charge in [-0.15, -0.1) is 0 Å². The Morgan fingerprint density at radius 1 is 1.40 bits per heavy atom. The van der Waals surface area contributed by atoms with Crippen molar-refractivity contribution >= 4 is 0 Å². The van der Waals surface area contributed by atoms with E-state index in [4.69, 9.17) is 0 Å². The smallest absolute Gasteiger partial charge is 0.118 e. The molecule has 1 unspecified atom stereocenters. The molecule has 2 heterocycles. The summed E-state index contributed by atoms with van der Waals surface area (Å²) in [6.45, 7) is 2.02. The van der Waals surface area contributed by atoms with E-state index in [0.29, 0.717) is 12.0 Å². The molecule has 0 aromatic carbocycles. The second kappa shape index (κ2) is 2.19. The first-order valence-corrected chi connectivity index (χ1v) is 4.17. The highest BCUT2D eigenvalue weighted by Crippen LogP contribution is 2.32. The summed E-state index contributed by atoms with van der Waals surface area (Å²) >= 11 is 0. The normalized spacial score (nSPS) is 53.4. The second-order valence-corrected chi connectivity index (χ2v) is 3.70. The molecule has 2 rings (SSSR count). The lowest BCUT2D eigenvalue weighted by atomic mass is 9.93. The summed E-state index contributed by atoms with van der Waals surface area (Å²) in [6.07, 6.45) is 2.70. The zero-order valence-corrected chi connectivity index (χ0v) is 6.31. The Hall–Kier alpha value is -0.110. The third kappa shape index (κ3) is 0.858. The van der Waals surface area contributed by atoms with Crippen LogP contribution in [0, 0.1) is 5.92 Å². The molecule has 0 saturated carbocycles. The van der Waals surface area contributed by atoms with Crippen LogP contribution in [0.15, 0.2) is 0 Å². The number of rotatable bonds is 0. The van der Waals surface area contributed by atoms with E-state index in [-0.39, 0.29) is 6.04 Å². The van der Waals surface area contributed by atoms with Crippen molar-refractivity contribution in [1.29, 1.82) is 0 Å². The molecule has 0 spiro atoms. The van der Waals surface area contributed by atoms with Crippen LogP contribution < -0.4 is 5.32 Å². The predicted octanol–water partition coefficient (Wildman–Crippen LogP) is 1.48. The molecule has 2 heteroatoms. The first-order valence-electron chi connectivity index (χ1n) is 4.17. The molecule has 2 bridgehead atoms. The summed E-state index contributed by atoms with van der Waals surface area (Å²) in [5.41, 5.74) is 0. The van der Waals surface area contributed by atoms with E-state index in [2.05, 4.69) is 5.32 Å². The van der Waals surface area contributed by atoms with Crippen molar-refractivity contribution in [3.8, 4) is 0 Å². The highest BCUT2D eigenvalue weighted by atomic mass is 19.1. The summed E-state index contributed by atoms with van der Waals surface area (Å²) in [5, 5.41) is 3.30. The molecule has 2 fully saturated rings. The van der Waals surface area contributed by atoms with Gasteiger partial charge in [-0.3, -0.25) is 0 Å². The number of fused-ring (bicyclic) bond motifs is 2. The van der Waals surface area contributed by atoms with Gasteiger partial charge < -0.3 is 5.32 Å². The maximum absolute atomic E-state index is 13.2. The van der Waals surface area contributed by atoms with Crippen LogP contribution in [-0.2, 0) is 0 Å². The van der Waals surface area contributed by atoms with Crippen molar-refractivity contribution in [2.24, 2.45) is 5.92 Å². The van der Waals surface area contributed by atoms with Crippen molar-refractivity contribution < 1.29 is 4.39 Å². The number of hydrogen-bond acceptors (Lipinski definition) is 1. The van der Waals surface area contributed by atoms with Crippen molar-refractivity contribution in [3.63, 3.8) is 0 Å². The van der Waals surface area contributed by atoms with E-state index in [1.165, 1.54) is 6.42 Å². The van der Waals surface area contributed by atoms with Gasteiger partial charge >= 0.3 is 0 Å². The van der Waals surface area contributed by atoms with Crippen molar-refractivity contribution in [1.82, 2.24) is 5.32 Å². The topological polar surface area (TPSA) is 12.0 Å². The molecule has 2 aliphatic heterocycles. The molecule has 10 heavy (non-hydrogen) atoms. The van der Waals surface area contributed by atoms with Crippen molar-refractivity contribution in [3.05, 3.63) is 0 Å². The molecular formula is C8H14FN. The minimum absolute atomic E-state index is 0.189. The molecule has 2 saturated heterocycles. The average molecular weight is 143 g/mol. The van der Waals surface area contributed by atoms with Crippen LogP contribution in [0.3, 0.4) is 0 Å². The van der Waals surface area contributed by atoms with Gasteiger partial charge in [0, 0.05) is 12.1 Å². The fourth-order valence-corrected chi connectivity index (χ4v) is 2.26. The zero-order valence-electron chi connectivity index (χ0n) is 6.31. The SMILES string of the molecule is C[C@H]1C[C@@H]2CC[C@@H](N2)C1F. The third-order valence-corrected chi connectivity index (χ3v) is 2.86. The van der Waals surface area contributed by atoms with Crippen molar-refractivity contribution in [2.45, 2.75) is 44.4 Å². The second-order valence-electron chi connectivity index (χ2n) is 3.70. The Bertz CT molecular complexity index is 137. The molecule has 1 nitrogen and oxygen atoms in total. The number of nitrogens with one attached hydrogen (secondary N) is 1. The lowest BCUT2D eigenvalue weighted by molar-refractivity contribution is 0.145. The maximum Gasteiger partial charge on any atom is 0.118 e. The van der Waals surface area contributed by atoms with E-state index in [1.54, 1.807) is 0 Å². The van der Waals surface area contributed by atoms with Gasteiger partial charge in [-0.1, -0.05) is 6.92 Å². The molecule has 0 aromatic heterocycles. The molecule has 0 aromatic rings. The van der Waals surface area contributed by atoms with Crippen LogP contribution in [0.2, 0.25) is 0 Å². The molecule has 0 radical (unpaired) electrons. The maximum atomic E-state index is 13.2. The van der Waals surface area contributed by atoms with E-state index < -0.39 is 6.17 Å². The fraction of sp³-hybridized carbons (Fsp3) is 1.00. The lowest BCUT2D eigenvalue weighted by Crippen LogP contribution is -2.45. The molecule has 0 amide bonds.